The Hall–Kier alpha value is -1.99. The molecule has 0 saturated carbocycles. The largest absolute Gasteiger partial charge is 0.392 e. The topological polar surface area (TPSA) is 87.1 Å². The number of aromatic nitrogens is 2. The van der Waals surface area contributed by atoms with Gasteiger partial charge in [-0.2, -0.15) is 0 Å². The van der Waals surface area contributed by atoms with Crippen LogP contribution in [0, 0.1) is 0 Å². The highest BCUT2D eigenvalue weighted by Gasteiger charge is 2.19. The molecule has 2 rings (SSSR count). The first-order chi connectivity index (χ1) is 10.4. The van der Waals surface area contributed by atoms with Crippen molar-refractivity contribution in [3.63, 3.8) is 0 Å². The Bertz CT molecular complexity index is 649. The highest BCUT2D eigenvalue weighted by molar-refractivity contribution is 7.15. The maximum Gasteiger partial charge on any atom is 0.321 e. The van der Waals surface area contributed by atoms with Crippen molar-refractivity contribution in [1.29, 1.82) is 0 Å². The minimum absolute atomic E-state index is 0.0508. The number of aliphatic hydroxyl groups is 1. The molecule has 1 aromatic heterocycles. The lowest BCUT2D eigenvalue weighted by atomic mass is 9.98. The van der Waals surface area contributed by atoms with Gasteiger partial charge in [-0.1, -0.05) is 56.4 Å². The summed E-state index contributed by atoms with van der Waals surface area (Å²) in [6.07, 6.45) is 0. The van der Waals surface area contributed by atoms with Crippen molar-refractivity contribution in [2.75, 3.05) is 5.32 Å². The van der Waals surface area contributed by atoms with Crippen molar-refractivity contribution >= 4 is 22.5 Å². The van der Waals surface area contributed by atoms with Crippen LogP contribution in [0.15, 0.2) is 24.3 Å². The molecule has 118 valence electrons. The minimum Gasteiger partial charge on any atom is -0.392 e. The van der Waals surface area contributed by atoms with E-state index in [0.29, 0.717) is 11.7 Å². The van der Waals surface area contributed by atoms with E-state index in [1.165, 1.54) is 11.3 Å². The molecule has 0 atom stereocenters. The van der Waals surface area contributed by atoms with E-state index in [1.54, 1.807) is 0 Å². The van der Waals surface area contributed by atoms with Crippen LogP contribution >= 0.6 is 11.3 Å². The molecule has 0 aliphatic carbocycles. The number of hydrogen-bond donors (Lipinski definition) is 3. The monoisotopic (exact) mass is 320 g/mol. The minimum atomic E-state index is -0.343. The van der Waals surface area contributed by atoms with Gasteiger partial charge < -0.3 is 10.4 Å². The fourth-order valence-corrected chi connectivity index (χ4v) is 2.57. The van der Waals surface area contributed by atoms with Crippen LogP contribution in [0.25, 0.3) is 0 Å². The Kier molecular flexibility index (Phi) is 5.10. The molecule has 2 aromatic rings. The van der Waals surface area contributed by atoms with Crippen LogP contribution in [-0.2, 0) is 18.6 Å². The molecule has 1 aromatic carbocycles. The summed E-state index contributed by atoms with van der Waals surface area (Å²) in [5, 5.41) is 24.1. The van der Waals surface area contributed by atoms with Crippen molar-refractivity contribution in [1.82, 2.24) is 15.5 Å². The van der Waals surface area contributed by atoms with Crippen molar-refractivity contribution in [3.8, 4) is 0 Å². The first kappa shape index (κ1) is 16.4. The Balaban J connectivity index is 1.92. The summed E-state index contributed by atoms with van der Waals surface area (Å²) in [5.41, 5.74) is 1.59. The van der Waals surface area contributed by atoms with Gasteiger partial charge in [0.1, 0.15) is 5.01 Å². The van der Waals surface area contributed by atoms with Gasteiger partial charge in [0.05, 0.1) is 6.61 Å². The van der Waals surface area contributed by atoms with Crippen LogP contribution in [-0.4, -0.2) is 21.3 Å². The molecule has 0 radical (unpaired) electrons. The number of carbonyl (C=O) groups is 1. The van der Waals surface area contributed by atoms with Gasteiger partial charge in [0.2, 0.25) is 5.13 Å². The predicted molar refractivity (Wildman–Crippen MR) is 86.8 cm³/mol. The van der Waals surface area contributed by atoms with Crippen LogP contribution < -0.4 is 10.6 Å². The summed E-state index contributed by atoms with van der Waals surface area (Å²) < 4.78 is 0. The number of nitrogens with one attached hydrogen (secondary N) is 2. The molecule has 22 heavy (non-hydrogen) atoms. The van der Waals surface area contributed by atoms with Crippen LogP contribution in [0.1, 0.15) is 36.9 Å². The number of amides is 2. The number of benzene rings is 1. The van der Waals surface area contributed by atoms with Gasteiger partial charge >= 0.3 is 6.03 Å². The van der Waals surface area contributed by atoms with E-state index in [2.05, 4.69) is 20.8 Å². The first-order valence-electron chi connectivity index (χ1n) is 6.96. The third-order valence-corrected chi connectivity index (χ3v) is 4.28. The number of carbonyl (C=O) groups excluding carboxylic acids is 1. The second kappa shape index (κ2) is 6.85. The predicted octanol–water partition coefficient (Wildman–Crippen LogP) is 2.65. The average Bonchev–Trinajstić information content (AvgIpc) is 2.94. The quantitative estimate of drug-likeness (QED) is 0.808. The van der Waals surface area contributed by atoms with Crippen LogP contribution in [0.4, 0.5) is 9.93 Å². The van der Waals surface area contributed by atoms with Crippen molar-refractivity contribution in [3.05, 3.63) is 40.4 Å². The lowest BCUT2D eigenvalue weighted by Gasteiger charge is -2.12. The molecular weight excluding hydrogens is 300 g/mol. The fraction of sp³-hybridized carbons (Fsp3) is 0.400. The summed E-state index contributed by atoms with van der Waals surface area (Å²) in [5.74, 6) is 0. The number of rotatable bonds is 4. The molecule has 0 aliphatic rings. The Morgan fingerprint density at radius 1 is 1.23 bits per heavy atom. The van der Waals surface area contributed by atoms with Gasteiger partial charge in [0, 0.05) is 12.0 Å². The molecule has 0 saturated heterocycles. The summed E-state index contributed by atoms with van der Waals surface area (Å²) in [4.78, 5) is 11.9. The normalized spacial score (nSPS) is 11.3. The SMILES string of the molecule is CC(C)(C)c1nnc(NC(=O)NCc2ccccc2CO)s1. The summed E-state index contributed by atoms with van der Waals surface area (Å²) in [6, 6.07) is 7.08. The van der Waals surface area contributed by atoms with Crippen LogP contribution in [0.3, 0.4) is 0 Å². The molecule has 0 bridgehead atoms. The van der Waals surface area contributed by atoms with Crippen molar-refractivity contribution in [2.24, 2.45) is 0 Å². The van der Waals surface area contributed by atoms with Gasteiger partial charge in [0.15, 0.2) is 0 Å². The Morgan fingerprint density at radius 3 is 2.50 bits per heavy atom. The van der Waals surface area contributed by atoms with E-state index in [-0.39, 0.29) is 18.1 Å². The van der Waals surface area contributed by atoms with E-state index >= 15 is 0 Å². The van der Waals surface area contributed by atoms with Gasteiger partial charge in [-0.05, 0) is 11.1 Å². The second-order valence-electron chi connectivity index (χ2n) is 5.90. The third kappa shape index (κ3) is 4.25. The molecule has 0 spiro atoms. The van der Waals surface area contributed by atoms with Crippen molar-refractivity contribution in [2.45, 2.75) is 39.3 Å². The molecule has 2 amide bonds. The Labute approximate surface area is 133 Å². The van der Waals surface area contributed by atoms with Gasteiger partial charge in [-0.3, -0.25) is 5.32 Å². The summed E-state index contributed by atoms with van der Waals surface area (Å²) in [6.45, 7) is 6.42. The summed E-state index contributed by atoms with van der Waals surface area (Å²) >= 11 is 1.36. The van der Waals surface area contributed by atoms with E-state index in [4.69, 9.17) is 0 Å². The zero-order valence-corrected chi connectivity index (χ0v) is 13.7. The smallest absolute Gasteiger partial charge is 0.321 e. The number of nitrogens with zero attached hydrogens (tertiary/aromatic N) is 2. The number of urea groups is 1. The zero-order chi connectivity index (χ0) is 16.2. The molecular formula is C15H20N4O2S. The van der Waals surface area contributed by atoms with Crippen LogP contribution in [0.2, 0.25) is 0 Å². The van der Waals surface area contributed by atoms with Gasteiger partial charge in [-0.15, -0.1) is 10.2 Å². The highest BCUT2D eigenvalue weighted by atomic mass is 32.1. The molecule has 0 aliphatic heterocycles. The molecule has 0 fully saturated rings. The van der Waals surface area contributed by atoms with E-state index in [1.807, 2.05) is 45.0 Å². The fourth-order valence-electron chi connectivity index (χ4n) is 1.78. The maximum absolute atomic E-state index is 11.9. The number of anilines is 1. The number of aliphatic hydroxyl groups excluding tert-OH is 1. The number of hydrogen-bond acceptors (Lipinski definition) is 5. The second-order valence-corrected chi connectivity index (χ2v) is 6.87. The lowest BCUT2D eigenvalue weighted by Crippen LogP contribution is -2.28. The Morgan fingerprint density at radius 2 is 1.91 bits per heavy atom. The first-order valence-corrected chi connectivity index (χ1v) is 7.78. The molecule has 0 unspecified atom stereocenters. The van der Waals surface area contributed by atoms with Crippen molar-refractivity contribution < 1.29 is 9.90 Å². The highest BCUT2D eigenvalue weighted by Crippen LogP contribution is 2.27. The maximum atomic E-state index is 11.9. The molecule has 1 heterocycles. The van der Waals surface area contributed by atoms with Crippen LogP contribution in [0.5, 0.6) is 0 Å². The van der Waals surface area contributed by atoms with E-state index in [0.717, 1.165) is 16.1 Å². The molecule has 6 nitrogen and oxygen atoms in total. The third-order valence-electron chi connectivity index (χ3n) is 3.02. The van der Waals surface area contributed by atoms with Gasteiger partial charge in [0.25, 0.3) is 0 Å². The van der Waals surface area contributed by atoms with Gasteiger partial charge in [-0.25, -0.2) is 4.79 Å². The molecule has 7 heteroatoms. The zero-order valence-electron chi connectivity index (χ0n) is 12.9. The van der Waals surface area contributed by atoms with E-state index < -0.39 is 0 Å². The summed E-state index contributed by atoms with van der Waals surface area (Å²) in [7, 11) is 0. The standard InChI is InChI=1S/C15H20N4O2S/c1-15(2,3)12-18-19-14(22-12)17-13(21)16-8-10-6-4-5-7-11(10)9-20/h4-7,20H,8-9H2,1-3H3,(H2,16,17,19,21). The van der Waals surface area contributed by atoms with E-state index in [9.17, 15) is 9.90 Å². The molecule has 3 N–H and O–H groups in total. The lowest BCUT2D eigenvalue weighted by molar-refractivity contribution is 0.251. The average molecular weight is 320 g/mol.